The van der Waals surface area contributed by atoms with Crippen LogP contribution in [0.4, 0.5) is 4.39 Å². The maximum atomic E-state index is 13.2. The largest absolute Gasteiger partial charge is 0.496 e. The van der Waals surface area contributed by atoms with E-state index in [1.165, 1.54) is 25.3 Å². The molecule has 6 heteroatoms. The Hall–Kier alpha value is -0.810. The molecule has 0 spiro atoms. The van der Waals surface area contributed by atoms with Crippen molar-refractivity contribution in [3.05, 3.63) is 29.6 Å². The highest BCUT2D eigenvalue weighted by Crippen LogP contribution is 2.33. The molecule has 0 atom stereocenters. The zero-order chi connectivity index (χ0) is 13.3. The Balaban J connectivity index is 3.26. The van der Waals surface area contributed by atoms with Gasteiger partial charge in [0, 0.05) is 21.7 Å². The van der Waals surface area contributed by atoms with E-state index >= 15 is 0 Å². The number of hydrogen-bond donors (Lipinski definition) is 0. The standard InChI is InChI=1S/C11H14ClFO3S/c1-11(2,7-17(12,14)15)9-6-8(13)4-5-10(9)16-3/h4-6H,7H2,1-3H3. The molecule has 3 nitrogen and oxygen atoms in total. The molecule has 0 radical (unpaired) electrons. The minimum atomic E-state index is -3.67. The van der Waals surface area contributed by atoms with Crippen LogP contribution in [-0.2, 0) is 14.5 Å². The zero-order valence-electron chi connectivity index (χ0n) is 9.83. The predicted molar refractivity (Wildman–Crippen MR) is 65.6 cm³/mol. The molecule has 0 N–H and O–H groups in total. The summed E-state index contributed by atoms with van der Waals surface area (Å²) < 4.78 is 40.6. The van der Waals surface area contributed by atoms with E-state index in [9.17, 15) is 12.8 Å². The minimum Gasteiger partial charge on any atom is -0.496 e. The second kappa shape index (κ2) is 4.82. The third-order valence-electron chi connectivity index (χ3n) is 2.42. The predicted octanol–water partition coefficient (Wildman–Crippen LogP) is 2.68. The smallest absolute Gasteiger partial charge is 0.233 e. The Bertz CT molecular complexity index is 511. The fourth-order valence-electron chi connectivity index (χ4n) is 1.72. The summed E-state index contributed by atoms with van der Waals surface area (Å²) in [4.78, 5) is 0. The monoisotopic (exact) mass is 280 g/mol. The van der Waals surface area contributed by atoms with E-state index in [4.69, 9.17) is 15.4 Å². The highest BCUT2D eigenvalue weighted by molar-refractivity contribution is 8.13. The van der Waals surface area contributed by atoms with Gasteiger partial charge in [0.2, 0.25) is 9.05 Å². The maximum Gasteiger partial charge on any atom is 0.233 e. The summed E-state index contributed by atoms with van der Waals surface area (Å²) in [6.45, 7) is 3.34. The fraction of sp³-hybridized carbons (Fsp3) is 0.455. The second-order valence-electron chi connectivity index (χ2n) is 4.41. The third kappa shape index (κ3) is 3.85. The highest BCUT2D eigenvalue weighted by atomic mass is 35.7. The number of ether oxygens (including phenoxy) is 1. The van der Waals surface area contributed by atoms with Gasteiger partial charge in [0.05, 0.1) is 12.9 Å². The maximum absolute atomic E-state index is 13.2. The summed E-state index contributed by atoms with van der Waals surface area (Å²) in [5.41, 5.74) is -0.349. The van der Waals surface area contributed by atoms with E-state index in [0.717, 1.165) is 0 Å². The second-order valence-corrected chi connectivity index (χ2v) is 7.19. The molecule has 0 bridgehead atoms. The first-order valence-corrected chi connectivity index (χ1v) is 7.40. The molecule has 0 unspecified atom stereocenters. The first-order valence-electron chi connectivity index (χ1n) is 4.92. The molecule has 1 rings (SSSR count). The molecule has 1 aromatic rings. The molecule has 0 fully saturated rings. The lowest BCUT2D eigenvalue weighted by Gasteiger charge is -2.25. The zero-order valence-corrected chi connectivity index (χ0v) is 11.4. The van der Waals surface area contributed by atoms with Crippen LogP contribution in [0.2, 0.25) is 0 Å². The van der Waals surface area contributed by atoms with Crippen molar-refractivity contribution in [1.29, 1.82) is 0 Å². The van der Waals surface area contributed by atoms with E-state index in [1.807, 2.05) is 0 Å². The lowest BCUT2D eigenvalue weighted by molar-refractivity contribution is 0.396. The molecule has 96 valence electrons. The van der Waals surface area contributed by atoms with Gasteiger partial charge in [-0.05, 0) is 18.2 Å². The SMILES string of the molecule is COc1ccc(F)cc1C(C)(C)CS(=O)(=O)Cl. The molecule has 0 heterocycles. The summed E-state index contributed by atoms with van der Waals surface area (Å²) >= 11 is 0. The lowest BCUT2D eigenvalue weighted by Crippen LogP contribution is -2.26. The molecule has 0 saturated heterocycles. The quantitative estimate of drug-likeness (QED) is 0.797. The van der Waals surface area contributed by atoms with E-state index in [1.54, 1.807) is 13.8 Å². The number of hydrogen-bond acceptors (Lipinski definition) is 3. The molecule has 1 aromatic carbocycles. The normalized spacial score (nSPS) is 12.5. The molecular formula is C11H14ClFO3S. The first-order chi connectivity index (χ1) is 7.65. The van der Waals surface area contributed by atoms with Crippen molar-refractivity contribution in [3.8, 4) is 5.75 Å². The average molecular weight is 281 g/mol. The molecule has 0 aliphatic carbocycles. The minimum absolute atomic E-state index is 0.290. The van der Waals surface area contributed by atoms with Gasteiger partial charge in [0.25, 0.3) is 0 Å². The van der Waals surface area contributed by atoms with Gasteiger partial charge < -0.3 is 4.74 Å². The Kier molecular flexibility index (Phi) is 4.04. The topological polar surface area (TPSA) is 43.4 Å². The Labute approximate surface area is 105 Å². The molecule has 0 aliphatic rings. The van der Waals surface area contributed by atoms with Crippen LogP contribution in [-0.4, -0.2) is 21.3 Å². The number of halogens is 2. The van der Waals surface area contributed by atoms with Gasteiger partial charge in [-0.3, -0.25) is 0 Å². The van der Waals surface area contributed by atoms with Crippen LogP contribution in [0.25, 0.3) is 0 Å². The van der Waals surface area contributed by atoms with Crippen molar-refractivity contribution in [2.24, 2.45) is 0 Å². The summed E-state index contributed by atoms with van der Waals surface area (Å²) in [7, 11) is 3.01. The van der Waals surface area contributed by atoms with Crippen molar-refractivity contribution < 1.29 is 17.5 Å². The van der Waals surface area contributed by atoms with E-state index in [-0.39, 0.29) is 5.75 Å². The average Bonchev–Trinajstić information content (AvgIpc) is 2.14. The van der Waals surface area contributed by atoms with Crippen LogP contribution in [0, 0.1) is 5.82 Å². The van der Waals surface area contributed by atoms with Gasteiger partial charge in [-0.2, -0.15) is 0 Å². The van der Waals surface area contributed by atoms with Gasteiger partial charge in [-0.15, -0.1) is 0 Å². The molecule has 0 aromatic heterocycles. The van der Waals surface area contributed by atoms with Gasteiger partial charge >= 0.3 is 0 Å². The van der Waals surface area contributed by atoms with E-state index < -0.39 is 20.3 Å². The molecular weight excluding hydrogens is 267 g/mol. The van der Waals surface area contributed by atoms with Crippen LogP contribution in [0.3, 0.4) is 0 Å². The van der Waals surface area contributed by atoms with Crippen molar-refractivity contribution in [2.75, 3.05) is 12.9 Å². The van der Waals surface area contributed by atoms with Crippen LogP contribution in [0.1, 0.15) is 19.4 Å². The number of benzene rings is 1. The van der Waals surface area contributed by atoms with Crippen molar-refractivity contribution >= 4 is 19.7 Å². The first kappa shape index (κ1) is 14.3. The van der Waals surface area contributed by atoms with Gasteiger partial charge in [-0.1, -0.05) is 13.8 Å². The van der Waals surface area contributed by atoms with Crippen molar-refractivity contribution in [2.45, 2.75) is 19.3 Å². The Morgan fingerprint density at radius 3 is 2.47 bits per heavy atom. The summed E-state index contributed by atoms with van der Waals surface area (Å²) in [6.07, 6.45) is 0. The van der Waals surface area contributed by atoms with Gasteiger partial charge in [-0.25, -0.2) is 12.8 Å². The number of rotatable bonds is 4. The van der Waals surface area contributed by atoms with Crippen LogP contribution >= 0.6 is 10.7 Å². The van der Waals surface area contributed by atoms with Gasteiger partial charge in [0.15, 0.2) is 0 Å². The van der Waals surface area contributed by atoms with Crippen LogP contribution < -0.4 is 4.74 Å². The van der Waals surface area contributed by atoms with Crippen LogP contribution in [0.5, 0.6) is 5.75 Å². The van der Waals surface area contributed by atoms with Crippen molar-refractivity contribution in [3.63, 3.8) is 0 Å². The molecule has 0 aliphatic heterocycles. The summed E-state index contributed by atoms with van der Waals surface area (Å²) in [6, 6.07) is 3.99. The third-order valence-corrected chi connectivity index (χ3v) is 3.82. The van der Waals surface area contributed by atoms with Crippen molar-refractivity contribution in [1.82, 2.24) is 0 Å². The Morgan fingerprint density at radius 2 is 2.00 bits per heavy atom. The van der Waals surface area contributed by atoms with E-state index in [0.29, 0.717) is 11.3 Å². The molecule has 0 amide bonds. The van der Waals surface area contributed by atoms with Gasteiger partial charge in [0.1, 0.15) is 11.6 Å². The number of methoxy groups -OCH3 is 1. The fourth-order valence-corrected chi connectivity index (χ4v) is 3.55. The van der Waals surface area contributed by atoms with E-state index in [2.05, 4.69) is 0 Å². The van der Waals surface area contributed by atoms with Crippen LogP contribution in [0.15, 0.2) is 18.2 Å². The Morgan fingerprint density at radius 1 is 1.41 bits per heavy atom. The lowest BCUT2D eigenvalue weighted by atomic mass is 9.86. The summed E-state index contributed by atoms with van der Waals surface area (Å²) in [5.74, 6) is -0.293. The molecule has 0 saturated carbocycles. The molecule has 17 heavy (non-hydrogen) atoms. The summed E-state index contributed by atoms with van der Waals surface area (Å²) in [5, 5.41) is 0. The highest BCUT2D eigenvalue weighted by Gasteiger charge is 2.30.